The number of aliphatic hydroxyl groups is 1. The lowest BCUT2D eigenvalue weighted by Crippen LogP contribution is -2.70. The van der Waals surface area contributed by atoms with E-state index in [9.17, 15) is 19.5 Å². The Labute approximate surface area is 208 Å². The average Bonchev–Trinajstić information content (AvgIpc) is 2.97. The number of carbonyl (C=O) groups is 3. The lowest BCUT2D eigenvalue weighted by molar-refractivity contribution is -0.227. The molecule has 0 heterocycles. The zero-order valence-electron chi connectivity index (χ0n) is 19.8. The second kappa shape index (κ2) is 8.25. The zero-order valence-corrected chi connectivity index (χ0v) is 22.0. The van der Waals surface area contributed by atoms with Gasteiger partial charge >= 0.3 is 5.97 Å². The van der Waals surface area contributed by atoms with Gasteiger partial charge in [0.2, 0.25) is 0 Å². The molecule has 0 saturated heterocycles. The van der Waals surface area contributed by atoms with E-state index >= 15 is 4.39 Å². The van der Waals surface area contributed by atoms with Crippen LogP contribution in [0, 0.1) is 28.6 Å². The first-order valence-electron chi connectivity index (χ1n) is 12.0. The molecule has 0 aliphatic heterocycles. The van der Waals surface area contributed by atoms with Crippen LogP contribution in [-0.2, 0) is 19.1 Å². The lowest BCUT2D eigenvalue weighted by Gasteiger charge is -2.62. The van der Waals surface area contributed by atoms with Crippen LogP contribution < -0.4 is 0 Å². The van der Waals surface area contributed by atoms with Crippen molar-refractivity contribution in [1.29, 1.82) is 0 Å². The topological polar surface area (TPSA) is 80.7 Å². The highest BCUT2D eigenvalue weighted by Gasteiger charge is 2.77. The summed E-state index contributed by atoms with van der Waals surface area (Å²) < 4.78 is 23.5. The molecule has 33 heavy (non-hydrogen) atoms. The van der Waals surface area contributed by atoms with E-state index in [1.165, 1.54) is 12.2 Å². The number of esters is 1. The number of rotatable bonds is 5. The highest BCUT2D eigenvalue weighted by molar-refractivity contribution is 14.1. The number of allylic oxidation sites excluding steroid dienone is 4. The van der Waals surface area contributed by atoms with Gasteiger partial charge in [-0.15, -0.1) is 0 Å². The molecule has 4 rings (SSSR count). The summed E-state index contributed by atoms with van der Waals surface area (Å²) in [5, 5.41) is 11.5. The standard InChI is InChI=1S/C26H34FIO5/c1-5-6-22(32)33-26(21(31)14-28)15(2)11-19-18-8-7-16-12-17(29)9-10-23(16,3)25(18,27)20(30)13-24(19,26)4/h9-10,12,15,18-20,30H,5-8,11,13-14H2,1-4H3/t15?,18-,19-,20?,23-,24-,25-,26-/m0/s1. The number of halogens is 2. The van der Waals surface area contributed by atoms with Gasteiger partial charge in [-0.2, -0.15) is 0 Å². The molecule has 4 aliphatic rings. The fraction of sp³-hybridized carbons (Fsp3) is 0.731. The average molecular weight is 572 g/mol. The number of hydrogen-bond donors (Lipinski definition) is 1. The molecule has 0 bridgehead atoms. The molecule has 0 aromatic carbocycles. The van der Waals surface area contributed by atoms with Gasteiger partial charge in [-0.05, 0) is 57.1 Å². The van der Waals surface area contributed by atoms with E-state index in [0.29, 0.717) is 25.7 Å². The van der Waals surface area contributed by atoms with Gasteiger partial charge < -0.3 is 9.84 Å². The SMILES string of the molecule is CCCC(=O)O[C@]1(C(=O)CI)C(C)C[C@H]2[C@@H]3CCC4=CC(=O)C=C[C@]4(C)[C@@]3(F)C(O)C[C@@]21C. The number of fused-ring (bicyclic) bond motifs is 5. The third-order valence-electron chi connectivity index (χ3n) is 9.45. The maximum absolute atomic E-state index is 17.3. The summed E-state index contributed by atoms with van der Waals surface area (Å²) in [5.74, 6) is -1.74. The first kappa shape index (κ1) is 25.0. The van der Waals surface area contributed by atoms with Crippen LogP contribution in [0.4, 0.5) is 4.39 Å². The highest BCUT2D eigenvalue weighted by Crippen LogP contribution is 2.71. The molecule has 1 N–H and O–H groups in total. The molecule has 8 atom stereocenters. The fourth-order valence-corrected chi connectivity index (χ4v) is 8.50. The summed E-state index contributed by atoms with van der Waals surface area (Å²) in [4.78, 5) is 38.2. The Morgan fingerprint density at radius 2 is 2.00 bits per heavy atom. The number of Topliss-reactive ketones (excluding diaryl/α,β-unsaturated/α-hetero) is 1. The van der Waals surface area contributed by atoms with Gasteiger partial charge in [0.1, 0.15) is 0 Å². The van der Waals surface area contributed by atoms with Crippen molar-refractivity contribution in [2.75, 3.05) is 4.43 Å². The van der Waals surface area contributed by atoms with Crippen LogP contribution in [0.25, 0.3) is 0 Å². The van der Waals surface area contributed by atoms with Crippen LogP contribution in [0.1, 0.15) is 66.2 Å². The quantitative estimate of drug-likeness (QED) is 0.294. The van der Waals surface area contributed by atoms with Crippen molar-refractivity contribution in [2.45, 2.75) is 83.6 Å². The third-order valence-corrected chi connectivity index (χ3v) is 10.1. The van der Waals surface area contributed by atoms with Gasteiger partial charge in [-0.1, -0.05) is 55.0 Å². The molecule has 0 aromatic heterocycles. The predicted octanol–water partition coefficient (Wildman–Crippen LogP) is 4.69. The molecule has 0 amide bonds. The van der Waals surface area contributed by atoms with Crippen LogP contribution in [0.3, 0.4) is 0 Å². The Hall–Kier alpha value is -1.09. The van der Waals surface area contributed by atoms with Gasteiger partial charge in [-0.3, -0.25) is 14.4 Å². The normalized spacial score (nSPS) is 46.2. The Morgan fingerprint density at radius 3 is 2.64 bits per heavy atom. The van der Waals surface area contributed by atoms with Crippen LogP contribution in [-0.4, -0.2) is 44.4 Å². The van der Waals surface area contributed by atoms with E-state index in [1.54, 1.807) is 13.0 Å². The summed E-state index contributed by atoms with van der Waals surface area (Å²) in [6.07, 6.45) is 5.67. The fourth-order valence-electron chi connectivity index (χ4n) is 7.93. The molecule has 0 radical (unpaired) electrons. The lowest BCUT2D eigenvalue weighted by atomic mass is 9.44. The highest BCUT2D eigenvalue weighted by atomic mass is 127. The van der Waals surface area contributed by atoms with Gasteiger partial charge in [0.25, 0.3) is 0 Å². The van der Waals surface area contributed by atoms with Crippen molar-refractivity contribution in [3.63, 3.8) is 0 Å². The van der Waals surface area contributed by atoms with Crippen molar-refractivity contribution in [2.24, 2.45) is 28.6 Å². The summed E-state index contributed by atoms with van der Waals surface area (Å²) in [6, 6.07) is 0. The van der Waals surface area contributed by atoms with E-state index in [2.05, 4.69) is 0 Å². The number of ether oxygens (including phenoxy) is 1. The van der Waals surface area contributed by atoms with Gasteiger partial charge in [-0.25, -0.2) is 4.39 Å². The Morgan fingerprint density at radius 1 is 1.30 bits per heavy atom. The Balaban J connectivity index is 1.83. The van der Waals surface area contributed by atoms with Crippen molar-refractivity contribution in [1.82, 2.24) is 0 Å². The van der Waals surface area contributed by atoms with E-state index < -0.39 is 40.1 Å². The van der Waals surface area contributed by atoms with Gasteiger partial charge in [0.05, 0.1) is 10.5 Å². The number of aliphatic hydroxyl groups excluding tert-OH is 1. The molecular formula is C26H34FIO5. The minimum absolute atomic E-state index is 0.0292. The van der Waals surface area contributed by atoms with E-state index in [-0.39, 0.29) is 40.7 Å². The molecule has 3 saturated carbocycles. The maximum atomic E-state index is 17.3. The van der Waals surface area contributed by atoms with E-state index in [0.717, 1.165) is 5.57 Å². The molecule has 2 unspecified atom stereocenters. The summed E-state index contributed by atoms with van der Waals surface area (Å²) >= 11 is 2.01. The summed E-state index contributed by atoms with van der Waals surface area (Å²) in [6.45, 7) is 7.51. The Bertz CT molecular complexity index is 945. The van der Waals surface area contributed by atoms with Gasteiger partial charge in [0, 0.05) is 29.1 Å². The number of carbonyl (C=O) groups excluding carboxylic acids is 3. The number of hydrogen-bond acceptors (Lipinski definition) is 5. The predicted molar refractivity (Wildman–Crippen MR) is 131 cm³/mol. The first-order valence-corrected chi connectivity index (χ1v) is 13.6. The van der Waals surface area contributed by atoms with Crippen molar-refractivity contribution in [3.8, 4) is 0 Å². The first-order chi connectivity index (χ1) is 15.4. The maximum Gasteiger partial charge on any atom is 0.306 e. The summed E-state index contributed by atoms with van der Waals surface area (Å²) in [5.41, 5.74) is -4.56. The second-order valence-corrected chi connectivity index (χ2v) is 11.7. The van der Waals surface area contributed by atoms with Gasteiger partial charge in [0.15, 0.2) is 22.8 Å². The van der Waals surface area contributed by atoms with Crippen molar-refractivity contribution >= 4 is 40.1 Å². The third kappa shape index (κ3) is 3.13. The molecule has 4 aliphatic carbocycles. The molecule has 182 valence electrons. The minimum Gasteiger partial charge on any atom is -0.450 e. The van der Waals surface area contributed by atoms with Crippen LogP contribution in [0.15, 0.2) is 23.8 Å². The van der Waals surface area contributed by atoms with Crippen LogP contribution >= 0.6 is 22.6 Å². The zero-order chi connectivity index (χ0) is 24.4. The van der Waals surface area contributed by atoms with E-state index in [4.69, 9.17) is 4.74 Å². The van der Waals surface area contributed by atoms with Crippen LogP contribution in [0.5, 0.6) is 0 Å². The molecule has 5 nitrogen and oxygen atoms in total. The molecule has 0 aromatic rings. The van der Waals surface area contributed by atoms with Crippen molar-refractivity contribution < 1.29 is 28.6 Å². The molecule has 0 spiro atoms. The molecule has 7 heteroatoms. The van der Waals surface area contributed by atoms with Crippen LogP contribution in [0.2, 0.25) is 0 Å². The summed E-state index contributed by atoms with van der Waals surface area (Å²) in [7, 11) is 0. The number of alkyl halides is 2. The van der Waals surface area contributed by atoms with Crippen molar-refractivity contribution in [3.05, 3.63) is 23.8 Å². The Kier molecular flexibility index (Phi) is 6.25. The second-order valence-electron chi connectivity index (χ2n) is 10.9. The monoisotopic (exact) mass is 572 g/mol. The largest absolute Gasteiger partial charge is 0.450 e. The minimum atomic E-state index is -1.96. The van der Waals surface area contributed by atoms with E-state index in [1.807, 2.05) is 43.4 Å². The molecular weight excluding hydrogens is 538 g/mol. The molecule has 3 fully saturated rings. The smallest absolute Gasteiger partial charge is 0.306 e. The number of ketones is 2.